The summed E-state index contributed by atoms with van der Waals surface area (Å²) in [7, 11) is 0. The number of ether oxygens (including phenoxy) is 3. The number of hydrogen-bond donors (Lipinski definition) is 1. The smallest absolute Gasteiger partial charge is 0.231 e. The molecule has 202 valence electrons. The largest absolute Gasteiger partial charge is 0.489 e. The third-order valence-electron chi connectivity index (χ3n) is 7.08. The van der Waals surface area contributed by atoms with Gasteiger partial charge in [-0.3, -0.25) is 9.69 Å². The van der Waals surface area contributed by atoms with E-state index in [1.807, 2.05) is 42.5 Å². The Morgan fingerprint density at radius 1 is 0.872 bits per heavy atom. The van der Waals surface area contributed by atoms with Crippen LogP contribution in [0.3, 0.4) is 0 Å². The molecule has 0 spiro atoms. The van der Waals surface area contributed by atoms with E-state index < -0.39 is 0 Å². The number of carbonyl (C=O) groups is 1. The molecular formula is C33H36N2O4. The number of nitrogens with two attached hydrogens (primary N) is 1. The number of carbonyl (C=O) groups excluding carboxylic acids is 1. The Bertz CT molecular complexity index is 1340. The molecule has 0 atom stereocenters. The highest BCUT2D eigenvalue weighted by Crippen LogP contribution is 2.32. The first-order valence-electron chi connectivity index (χ1n) is 13.6. The van der Waals surface area contributed by atoms with Crippen molar-refractivity contribution < 1.29 is 19.0 Å². The van der Waals surface area contributed by atoms with Gasteiger partial charge in [-0.05, 0) is 59.0 Å². The van der Waals surface area contributed by atoms with Crippen molar-refractivity contribution in [1.29, 1.82) is 0 Å². The number of rotatable bonds is 12. The summed E-state index contributed by atoms with van der Waals surface area (Å²) in [5, 5.41) is 2.34. The fraction of sp³-hybridized carbons (Fsp3) is 0.303. The highest BCUT2D eigenvalue weighted by molar-refractivity contribution is 5.87. The first-order chi connectivity index (χ1) is 19.1. The second kappa shape index (κ2) is 13.4. The van der Waals surface area contributed by atoms with Crippen molar-refractivity contribution in [3.05, 3.63) is 114 Å². The van der Waals surface area contributed by atoms with Crippen LogP contribution in [0.2, 0.25) is 0 Å². The molecule has 2 N–H and O–H groups in total. The molecule has 0 bridgehead atoms. The minimum absolute atomic E-state index is 0.172. The zero-order chi connectivity index (χ0) is 26.9. The zero-order valence-electron chi connectivity index (χ0n) is 22.2. The van der Waals surface area contributed by atoms with E-state index in [1.165, 1.54) is 10.9 Å². The van der Waals surface area contributed by atoms with Crippen molar-refractivity contribution in [1.82, 2.24) is 4.90 Å². The Kier molecular flexibility index (Phi) is 9.22. The minimum Gasteiger partial charge on any atom is -0.489 e. The first kappa shape index (κ1) is 26.9. The molecule has 6 heteroatoms. The van der Waals surface area contributed by atoms with Gasteiger partial charge in [-0.2, -0.15) is 0 Å². The maximum absolute atomic E-state index is 11.6. The van der Waals surface area contributed by atoms with Crippen LogP contribution in [0.15, 0.2) is 97.1 Å². The van der Waals surface area contributed by atoms with Gasteiger partial charge in [0.1, 0.15) is 12.4 Å². The van der Waals surface area contributed by atoms with Gasteiger partial charge in [0.15, 0.2) is 6.29 Å². The highest BCUT2D eigenvalue weighted by atomic mass is 16.7. The first-order valence-corrected chi connectivity index (χ1v) is 13.6. The van der Waals surface area contributed by atoms with Crippen LogP contribution in [0.4, 0.5) is 0 Å². The third-order valence-corrected chi connectivity index (χ3v) is 7.08. The van der Waals surface area contributed by atoms with Gasteiger partial charge < -0.3 is 19.9 Å². The van der Waals surface area contributed by atoms with E-state index in [0.29, 0.717) is 26.4 Å². The van der Waals surface area contributed by atoms with Gasteiger partial charge in [0.25, 0.3) is 0 Å². The van der Waals surface area contributed by atoms with Gasteiger partial charge in [-0.25, -0.2) is 0 Å². The molecule has 4 aromatic carbocycles. The van der Waals surface area contributed by atoms with Crippen LogP contribution < -0.4 is 10.5 Å². The topological polar surface area (TPSA) is 74.0 Å². The van der Waals surface area contributed by atoms with Crippen molar-refractivity contribution in [2.24, 2.45) is 5.73 Å². The molecule has 1 amide bonds. The molecule has 1 heterocycles. The summed E-state index contributed by atoms with van der Waals surface area (Å²) in [4.78, 5) is 13.6. The van der Waals surface area contributed by atoms with E-state index in [-0.39, 0.29) is 24.7 Å². The lowest BCUT2D eigenvalue weighted by molar-refractivity contribution is -0.190. The normalized spacial score (nSPS) is 17.4. The molecule has 1 aliphatic rings. The molecule has 0 radical (unpaired) electrons. The summed E-state index contributed by atoms with van der Waals surface area (Å²) < 4.78 is 18.3. The Hall–Kier alpha value is -3.71. The lowest BCUT2D eigenvalue weighted by Gasteiger charge is -2.31. The van der Waals surface area contributed by atoms with Crippen LogP contribution in [0.1, 0.15) is 35.4 Å². The fourth-order valence-corrected chi connectivity index (χ4v) is 5.12. The Morgan fingerprint density at radius 3 is 2.31 bits per heavy atom. The highest BCUT2D eigenvalue weighted by Gasteiger charge is 2.25. The minimum atomic E-state index is -0.316. The van der Waals surface area contributed by atoms with E-state index in [9.17, 15) is 4.79 Å². The van der Waals surface area contributed by atoms with E-state index in [1.54, 1.807) is 0 Å². The standard InChI is InChI=1S/C33H36N2O4/c34-32(36)21-35(20-25-9-3-1-4-10-25)18-8-15-33-38-23-28(24-39-33)30-14-7-13-27-19-29(16-17-31(27)30)37-22-26-11-5-2-6-12-26/h1-7,9-14,16-17,19,28,33H,8,15,18,20-24H2,(H2,34,36). The maximum atomic E-state index is 11.6. The summed E-state index contributed by atoms with van der Waals surface area (Å²) >= 11 is 0. The molecule has 39 heavy (non-hydrogen) atoms. The van der Waals surface area contributed by atoms with Crippen molar-refractivity contribution >= 4 is 16.7 Å². The van der Waals surface area contributed by atoms with Crippen LogP contribution in [-0.4, -0.2) is 43.4 Å². The van der Waals surface area contributed by atoms with Crippen molar-refractivity contribution in [2.45, 2.75) is 38.2 Å². The fourth-order valence-electron chi connectivity index (χ4n) is 5.12. The summed E-state index contributed by atoms with van der Waals surface area (Å²) in [6.45, 7) is 3.46. The Labute approximate surface area is 230 Å². The van der Waals surface area contributed by atoms with Crippen LogP contribution in [0, 0.1) is 0 Å². The summed E-state index contributed by atoms with van der Waals surface area (Å²) in [6, 6.07) is 33.0. The Morgan fingerprint density at radius 2 is 1.59 bits per heavy atom. The van der Waals surface area contributed by atoms with Gasteiger partial charge in [-0.1, -0.05) is 84.9 Å². The monoisotopic (exact) mass is 524 g/mol. The van der Waals surface area contributed by atoms with Crippen molar-refractivity contribution in [3.63, 3.8) is 0 Å². The molecule has 1 aliphatic heterocycles. The van der Waals surface area contributed by atoms with Gasteiger partial charge in [0.2, 0.25) is 5.91 Å². The van der Waals surface area contributed by atoms with Gasteiger partial charge in [0.05, 0.1) is 19.8 Å². The number of hydrogen-bond acceptors (Lipinski definition) is 5. The predicted octanol–water partition coefficient (Wildman–Crippen LogP) is 5.64. The van der Waals surface area contributed by atoms with Crippen LogP contribution in [0.5, 0.6) is 5.75 Å². The lowest BCUT2D eigenvalue weighted by atomic mass is 9.94. The van der Waals surface area contributed by atoms with Gasteiger partial charge in [0, 0.05) is 12.5 Å². The molecular weight excluding hydrogens is 488 g/mol. The third kappa shape index (κ3) is 7.67. The summed E-state index contributed by atoms with van der Waals surface area (Å²) in [5.74, 6) is 0.715. The van der Waals surface area contributed by atoms with Gasteiger partial charge >= 0.3 is 0 Å². The molecule has 0 unspecified atom stereocenters. The molecule has 5 rings (SSSR count). The van der Waals surface area contributed by atoms with E-state index in [2.05, 4.69) is 59.5 Å². The molecule has 4 aromatic rings. The average molecular weight is 525 g/mol. The molecule has 1 saturated heterocycles. The summed E-state index contributed by atoms with van der Waals surface area (Å²) in [6.07, 6.45) is 1.39. The molecule has 6 nitrogen and oxygen atoms in total. The maximum Gasteiger partial charge on any atom is 0.231 e. The van der Waals surface area contributed by atoms with E-state index in [0.717, 1.165) is 41.6 Å². The predicted molar refractivity (Wildman–Crippen MR) is 153 cm³/mol. The number of nitrogens with zero attached hydrogens (tertiary/aromatic N) is 1. The van der Waals surface area contributed by atoms with E-state index >= 15 is 0 Å². The molecule has 0 aromatic heterocycles. The number of benzene rings is 4. The molecule has 1 fully saturated rings. The second-order valence-corrected chi connectivity index (χ2v) is 10.1. The average Bonchev–Trinajstić information content (AvgIpc) is 2.97. The lowest BCUT2D eigenvalue weighted by Crippen LogP contribution is -2.35. The SMILES string of the molecule is NC(=O)CN(CCCC1OCC(c2cccc3cc(OCc4ccccc4)ccc23)CO1)Cc1ccccc1. The van der Waals surface area contributed by atoms with Crippen molar-refractivity contribution in [3.8, 4) is 5.75 Å². The summed E-state index contributed by atoms with van der Waals surface area (Å²) in [5.41, 5.74) is 9.03. The van der Waals surface area contributed by atoms with E-state index in [4.69, 9.17) is 19.9 Å². The quantitative estimate of drug-likeness (QED) is 0.260. The van der Waals surface area contributed by atoms with Crippen LogP contribution in [-0.2, 0) is 27.4 Å². The molecule has 0 aliphatic carbocycles. The van der Waals surface area contributed by atoms with Crippen LogP contribution in [0.25, 0.3) is 10.8 Å². The number of fused-ring (bicyclic) bond motifs is 1. The number of amides is 1. The van der Waals surface area contributed by atoms with Gasteiger partial charge in [-0.15, -0.1) is 0 Å². The second-order valence-electron chi connectivity index (χ2n) is 10.1. The van der Waals surface area contributed by atoms with Crippen molar-refractivity contribution in [2.75, 3.05) is 26.3 Å². The zero-order valence-corrected chi connectivity index (χ0v) is 22.2. The van der Waals surface area contributed by atoms with Crippen LogP contribution >= 0.6 is 0 Å². The number of primary amides is 1. The molecule has 0 saturated carbocycles. The Balaban J connectivity index is 1.12.